The summed E-state index contributed by atoms with van der Waals surface area (Å²) in [6.45, 7) is 9.49. The first-order valence-corrected chi connectivity index (χ1v) is 10.7. The minimum atomic E-state index is -3.59. The number of hydrogen-bond acceptors (Lipinski definition) is 5. The minimum absolute atomic E-state index is 0.0349. The van der Waals surface area contributed by atoms with Gasteiger partial charge in [-0.05, 0) is 31.9 Å². The third-order valence-corrected chi connectivity index (χ3v) is 6.90. The van der Waals surface area contributed by atoms with Crippen molar-refractivity contribution < 1.29 is 18.0 Å². The second-order valence-electron chi connectivity index (χ2n) is 7.36. The van der Waals surface area contributed by atoms with Crippen LogP contribution >= 0.6 is 0 Å². The Morgan fingerprint density at radius 1 is 1.04 bits per heavy atom. The molecule has 1 aromatic rings. The number of nitrogens with zero attached hydrogens (tertiary/aromatic N) is 2. The summed E-state index contributed by atoms with van der Waals surface area (Å²) in [6, 6.07) is 6.12. The van der Waals surface area contributed by atoms with E-state index in [0.717, 1.165) is 0 Å². The lowest BCUT2D eigenvalue weighted by molar-refractivity contribution is -0.123. The highest BCUT2D eigenvalue weighted by Gasteiger charge is 2.29. The van der Waals surface area contributed by atoms with Crippen molar-refractivity contribution in [1.82, 2.24) is 14.5 Å². The number of sulfonamides is 1. The smallest absolute Gasteiger partial charge is 0.243 e. The molecule has 0 radical (unpaired) electrons. The van der Waals surface area contributed by atoms with Crippen molar-refractivity contribution in [3.05, 3.63) is 29.8 Å². The molecule has 0 bridgehead atoms. The van der Waals surface area contributed by atoms with Gasteiger partial charge in [0.25, 0.3) is 0 Å². The highest BCUT2D eigenvalue weighted by molar-refractivity contribution is 7.89. The van der Waals surface area contributed by atoms with Crippen LogP contribution in [0, 0.1) is 5.92 Å². The van der Waals surface area contributed by atoms with E-state index in [1.165, 1.54) is 35.5 Å². The predicted octanol–water partition coefficient (Wildman–Crippen LogP) is 1.36. The van der Waals surface area contributed by atoms with Crippen LogP contribution in [-0.4, -0.2) is 68.1 Å². The first-order valence-electron chi connectivity index (χ1n) is 9.24. The van der Waals surface area contributed by atoms with Crippen LogP contribution in [0.2, 0.25) is 0 Å². The zero-order valence-corrected chi connectivity index (χ0v) is 17.3. The normalized spacial score (nSPS) is 17.7. The van der Waals surface area contributed by atoms with Crippen molar-refractivity contribution in [2.75, 3.05) is 32.7 Å². The van der Waals surface area contributed by atoms with Crippen molar-refractivity contribution in [3.63, 3.8) is 0 Å². The van der Waals surface area contributed by atoms with Gasteiger partial charge in [-0.15, -0.1) is 0 Å². The number of Topliss-reactive ketones (excluding diaryl/α,β-unsaturated/α-hetero) is 1. The molecule has 1 N–H and O–H groups in total. The Bertz CT molecular complexity index is 767. The van der Waals surface area contributed by atoms with Gasteiger partial charge >= 0.3 is 0 Å². The number of hydrogen-bond donors (Lipinski definition) is 1. The Labute approximate surface area is 161 Å². The van der Waals surface area contributed by atoms with Crippen LogP contribution in [-0.2, 0) is 14.8 Å². The molecule has 1 saturated heterocycles. The number of benzene rings is 1. The van der Waals surface area contributed by atoms with Crippen LogP contribution < -0.4 is 5.32 Å². The molecule has 1 aliphatic rings. The Morgan fingerprint density at radius 2 is 1.59 bits per heavy atom. The van der Waals surface area contributed by atoms with Gasteiger partial charge in [0.05, 0.1) is 11.4 Å². The standard InChI is InChI=1S/C19H29N3O4S/c1-14(2)15(3)20-19(24)13-21-9-11-22(12-10-21)27(25,26)18-7-5-17(6-8-18)16(4)23/h5-8,14-15H,9-13H2,1-4H3,(H,20,24)/t15-/m1/s1. The molecule has 8 heteroatoms. The summed E-state index contributed by atoms with van der Waals surface area (Å²) in [4.78, 5) is 25.6. The Hall–Kier alpha value is -1.77. The van der Waals surface area contributed by atoms with E-state index in [1.54, 1.807) is 0 Å². The number of piperazine rings is 1. The van der Waals surface area contributed by atoms with E-state index in [-0.39, 0.29) is 29.2 Å². The Balaban J connectivity index is 1.92. The summed E-state index contributed by atoms with van der Waals surface area (Å²) in [5.74, 6) is 0.232. The molecule has 1 aromatic carbocycles. The third kappa shape index (κ3) is 5.60. The fourth-order valence-electron chi connectivity index (χ4n) is 2.81. The molecular weight excluding hydrogens is 366 g/mol. The van der Waals surface area contributed by atoms with Crippen molar-refractivity contribution in [3.8, 4) is 0 Å². The second-order valence-corrected chi connectivity index (χ2v) is 9.30. The summed E-state index contributed by atoms with van der Waals surface area (Å²) >= 11 is 0. The van der Waals surface area contributed by atoms with E-state index in [9.17, 15) is 18.0 Å². The van der Waals surface area contributed by atoms with Crippen LogP contribution in [0.3, 0.4) is 0 Å². The van der Waals surface area contributed by atoms with E-state index in [1.807, 2.05) is 11.8 Å². The summed E-state index contributed by atoms with van der Waals surface area (Å²) in [5, 5.41) is 2.97. The summed E-state index contributed by atoms with van der Waals surface area (Å²) in [5.41, 5.74) is 0.486. The lowest BCUT2D eigenvalue weighted by atomic mass is 10.1. The van der Waals surface area contributed by atoms with E-state index < -0.39 is 10.0 Å². The molecular formula is C19H29N3O4S. The molecule has 0 aromatic heterocycles. The molecule has 0 unspecified atom stereocenters. The highest BCUT2D eigenvalue weighted by Crippen LogP contribution is 2.18. The fourth-order valence-corrected chi connectivity index (χ4v) is 4.23. The second kappa shape index (κ2) is 8.95. The molecule has 7 nitrogen and oxygen atoms in total. The quantitative estimate of drug-likeness (QED) is 0.705. The van der Waals surface area contributed by atoms with Gasteiger partial charge in [0.2, 0.25) is 15.9 Å². The predicted molar refractivity (Wildman–Crippen MR) is 104 cm³/mol. The topological polar surface area (TPSA) is 86.8 Å². The first-order chi connectivity index (χ1) is 12.6. The van der Waals surface area contributed by atoms with Crippen LogP contribution in [0.1, 0.15) is 38.1 Å². The molecule has 1 heterocycles. The monoisotopic (exact) mass is 395 g/mol. The molecule has 1 aliphatic heterocycles. The molecule has 150 valence electrons. The summed E-state index contributed by atoms with van der Waals surface area (Å²) < 4.78 is 27.0. The number of rotatable bonds is 7. The molecule has 1 fully saturated rings. The Morgan fingerprint density at radius 3 is 2.07 bits per heavy atom. The van der Waals surface area contributed by atoms with Gasteiger partial charge in [0, 0.05) is 37.8 Å². The average Bonchev–Trinajstić information content (AvgIpc) is 2.62. The van der Waals surface area contributed by atoms with Crippen LogP contribution in [0.15, 0.2) is 29.2 Å². The number of amides is 1. The zero-order valence-electron chi connectivity index (χ0n) is 16.4. The van der Waals surface area contributed by atoms with E-state index in [4.69, 9.17) is 0 Å². The van der Waals surface area contributed by atoms with Gasteiger partial charge in [0.15, 0.2) is 5.78 Å². The number of ketones is 1. The Kier molecular flexibility index (Phi) is 7.13. The zero-order chi connectivity index (χ0) is 20.2. The van der Waals surface area contributed by atoms with Crippen molar-refractivity contribution in [2.24, 2.45) is 5.92 Å². The van der Waals surface area contributed by atoms with Gasteiger partial charge in [-0.1, -0.05) is 26.0 Å². The largest absolute Gasteiger partial charge is 0.352 e. The highest BCUT2D eigenvalue weighted by atomic mass is 32.2. The number of carbonyl (C=O) groups excluding carboxylic acids is 2. The van der Waals surface area contributed by atoms with Gasteiger partial charge in [-0.25, -0.2) is 8.42 Å². The van der Waals surface area contributed by atoms with Gasteiger partial charge in [-0.2, -0.15) is 4.31 Å². The van der Waals surface area contributed by atoms with E-state index in [0.29, 0.717) is 37.7 Å². The van der Waals surface area contributed by atoms with Crippen molar-refractivity contribution >= 4 is 21.7 Å². The van der Waals surface area contributed by atoms with Gasteiger partial charge < -0.3 is 5.32 Å². The van der Waals surface area contributed by atoms with E-state index >= 15 is 0 Å². The minimum Gasteiger partial charge on any atom is -0.352 e. The number of carbonyl (C=O) groups is 2. The van der Waals surface area contributed by atoms with Crippen molar-refractivity contribution in [1.29, 1.82) is 0 Å². The molecule has 0 aliphatic carbocycles. The van der Waals surface area contributed by atoms with Gasteiger partial charge in [0.1, 0.15) is 0 Å². The number of nitrogens with one attached hydrogen (secondary N) is 1. The first kappa shape index (κ1) is 21.5. The summed E-state index contributed by atoms with van der Waals surface area (Å²) in [6.07, 6.45) is 0. The third-order valence-electron chi connectivity index (χ3n) is 4.99. The van der Waals surface area contributed by atoms with E-state index in [2.05, 4.69) is 19.2 Å². The molecule has 1 amide bonds. The van der Waals surface area contributed by atoms with Crippen molar-refractivity contribution in [2.45, 2.75) is 38.6 Å². The van der Waals surface area contributed by atoms with Crippen LogP contribution in [0.25, 0.3) is 0 Å². The summed E-state index contributed by atoms with van der Waals surface area (Å²) in [7, 11) is -3.59. The lowest BCUT2D eigenvalue weighted by Crippen LogP contribution is -2.51. The maximum atomic E-state index is 12.8. The average molecular weight is 396 g/mol. The maximum absolute atomic E-state index is 12.8. The molecule has 0 spiro atoms. The van der Waals surface area contributed by atoms with Gasteiger partial charge in [-0.3, -0.25) is 14.5 Å². The maximum Gasteiger partial charge on any atom is 0.243 e. The molecule has 27 heavy (non-hydrogen) atoms. The van der Waals surface area contributed by atoms with Crippen LogP contribution in [0.5, 0.6) is 0 Å². The molecule has 1 atom stereocenters. The molecule has 2 rings (SSSR count). The van der Waals surface area contributed by atoms with Crippen LogP contribution in [0.4, 0.5) is 0 Å². The lowest BCUT2D eigenvalue weighted by Gasteiger charge is -2.33. The SMILES string of the molecule is CC(=O)c1ccc(S(=O)(=O)N2CCN(CC(=O)N[C@H](C)C(C)C)CC2)cc1. The fraction of sp³-hybridized carbons (Fsp3) is 0.579. The molecule has 0 saturated carbocycles.